The fourth-order valence-electron chi connectivity index (χ4n) is 2.14. The second-order valence-corrected chi connectivity index (χ2v) is 4.55. The Labute approximate surface area is 105 Å². The van der Waals surface area contributed by atoms with Gasteiger partial charge in [-0.1, -0.05) is 11.6 Å². The van der Waals surface area contributed by atoms with E-state index in [0.717, 1.165) is 12.1 Å². The van der Waals surface area contributed by atoms with Gasteiger partial charge in [0.1, 0.15) is 5.41 Å². The Morgan fingerprint density at radius 1 is 1.72 bits per heavy atom. The van der Waals surface area contributed by atoms with Crippen LogP contribution in [0.1, 0.15) is 25.0 Å². The molecular weight excluding hydrogens is 234 g/mol. The number of nitrogens with two attached hydrogens (primary N) is 1. The van der Waals surface area contributed by atoms with Crippen molar-refractivity contribution >= 4 is 11.7 Å². The largest absolute Gasteiger partial charge is 0.409 e. The number of oxime groups is 1. The molecule has 0 unspecified atom stereocenters. The Morgan fingerprint density at radius 2 is 2.44 bits per heavy atom. The first kappa shape index (κ1) is 12.4. The zero-order chi connectivity index (χ0) is 13.2. The maximum absolute atomic E-state index is 12.1. The molecule has 18 heavy (non-hydrogen) atoms. The average Bonchev–Trinajstić information content (AvgIpc) is 2.70. The number of nitrogens with zero attached hydrogens (tertiary/aromatic N) is 3. The van der Waals surface area contributed by atoms with Gasteiger partial charge < -0.3 is 16.3 Å². The Bertz CT molecular complexity index is 476. The molecule has 2 rings (SSSR count). The van der Waals surface area contributed by atoms with E-state index in [1.165, 1.54) is 0 Å². The highest BCUT2D eigenvalue weighted by Gasteiger charge is 2.48. The van der Waals surface area contributed by atoms with E-state index in [0.29, 0.717) is 19.4 Å². The lowest BCUT2D eigenvalue weighted by molar-refractivity contribution is -0.131. The standard InChI is InChI=1S/C11H17N5O2/c1-16-8(3-6-14-16)7-13-10(17)11(4-2-5-11)9(12)15-18/h3,6,18H,2,4-5,7H2,1H3,(H2,12,15)(H,13,17). The zero-order valence-electron chi connectivity index (χ0n) is 10.3. The summed E-state index contributed by atoms with van der Waals surface area (Å²) in [5, 5.41) is 18.6. The van der Waals surface area contributed by atoms with Gasteiger partial charge in [0.2, 0.25) is 5.91 Å². The monoisotopic (exact) mass is 251 g/mol. The van der Waals surface area contributed by atoms with Crippen LogP contribution in [-0.4, -0.2) is 26.7 Å². The minimum absolute atomic E-state index is 0.00347. The molecule has 1 saturated carbocycles. The van der Waals surface area contributed by atoms with Gasteiger partial charge >= 0.3 is 0 Å². The molecule has 0 aliphatic heterocycles. The maximum atomic E-state index is 12.1. The fraction of sp³-hybridized carbons (Fsp3) is 0.545. The number of hydrogen-bond donors (Lipinski definition) is 3. The van der Waals surface area contributed by atoms with Gasteiger partial charge in [0.15, 0.2) is 5.84 Å². The van der Waals surface area contributed by atoms with E-state index < -0.39 is 5.41 Å². The van der Waals surface area contributed by atoms with Gasteiger partial charge in [-0.2, -0.15) is 5.10 Å². The Hall–Kier alpha value is -2.05. The number of rotatable bonds is 4. The lowest BCUT2D eigenvalue weighted by atomic mass is 9.67. The van der Waals surface area contributed by atoms with Crippen molar-refractivity contribution in [2.45, 2.75) is 25.8 Å². The molecule has 1 aliphatic rings. The average molecular weight is 251 g/mol. The van der Waals surface area contributed by atoms with Crippen molar-refractivity contribution in [3.8, 4) is 0 Å². The normalized spacial score (nSPS) is 18.2. The second kappa shape index (κ2) is 4.67. The first-order valence-corrected chi connectivity index (χ1v) is 5.83. The fourth-order valence-corrected chi connectivity index (χ4v) is 2.14. The van der Waals surface area contributed by atoms with Gasteiger partial charge in [-0.05, 0) is 18.9 Å². The summed E-state index contributed by atoms with van der Waals surface area (Å²) in [5.41, 5.74) is 5.69. The molecule has 98 valence electrons. The Kier molecular flexibility index (Phi) is 3.22. The number of amides is 1. The summed E-state index contributed by atoms with van der Waals surface area (Å²) < 4.78 is 1.69. The molecule has 0 saturated heterocycles. The van der Waals surface area contributed by atoms with Crippen LogP contribution in [0.5, 0.6) is 0 Å². The molecule has 1 amide bonds. The van der Waals surface area contributed by atoms with Gasteiger partial charge in [0.25, 0.3) is 0 Å². The highest BCUT2D eigenvalue weighted by atomic mass is 16.4. The second-order valence-electron chi connectivity index (χ2n) is 4.55. The molecule has 7 nitrogen and oxygen atoms in total. The molecule has 0 aromatic carbocycles. The molecule has 1 aromatic heterocycles. The minimum atomic E-state index is -0.826. The first-order valence-electron chi connectivity index (χ1n) is 5.83. The maximum Gasteiger partial charge on any atom is 0.234 e. The molecule has 0 spiro atoms. The molecule has 0 radical (unpaired) electrons. The first-order chi connectivity index (χ1) is 8.60. The van der Waals surface area contributed by atoms with Crippen LogP contribution in [0.4, 0.5) is 0 Å². The van der Waals surface area contributed by atoms with Crippen molar-refractivity contribution in [1.82, 2.24) is 15.1 Å². The van der Waals surface area contributed by atoms with Crippen LogP contribution >= 0.6 is 0 Å². The topological polar surface area (TPSA) is 106 Å². The van der Waals surface area contributed by atoms with E-state index in [4.69, 9.17) is 10.9 Å². The van der Waals surface area contributed by atoms with Gasteiger partial charge in [0.05, 0.1) is 12.2 Å². The SMILES string of the molecule is Cn1nccc1CNC(=O)C1(/C(N)=N/O)CCC1. The summed E-state index contributed by atoms with van der Waals surface area (Å²) in [4.78, 5) is 12.1. The molecule has 0 bridgehead atoms. The van der Waals surface area contributed by atoms with Crippen molar-refractivity contribution in [2.24, 2.45) is 23.4 Å². The third kappa shape index (κ3) is 1.92. The van der Waals surface area contributed by atoms with Gasteiger partial charge in [0, 0.05) is 13.2 Å². The van der Waals surface area contributed by atoms with Crippen molar-refractivity contribution in [3.05, 3.63) is 18.0 Å². The summed E-state index contributed by atoms with van der Waals surface area (Å²) >= 11 is 0. The summed E-state index contributed by atoms with van der Waals surface area (Å²) in [6, 6.07) is 1.83. The molecule has 4 N–H and O–H groups in total. The Balaban J connectivity index is 2.01. The summed E-state index contributed by atoms with van der Waals surface area (Å²) in [5.74, 6) is -0.193. The van der Waals surface area contributed by atoms with Crippen LogP contribution in [0.15, 0.2) is 17.4 Å². The zero-order valence-corrected chi connectivity index (χ0v) is 10.3. The van der Waals surface area contributed by atoms with Gasteiger partial charge in [-0.25, -0.2) is 0 Å². The van der Waals surface area contributed by atoms with E-state index >= 15 is 0 Å². The third-order valence-corrected chi connectivity index (χ3v) is 3.59. The Morgan fingerprint density at radius 3 is 2.89 bits per heavy atom. The molecule has 7 heteroatoms. The van der Waals surface area contributed by atoms with Gasteiger partial charge in [-0.15, -0.1) is 0 Å². The van der Waals surface area contributed by atoms with Crippen LogP contribution in [0.25, 0.3) is 0 Å². The highest BCUT2D eigenvalue weighted by molar-refractivity contribution is 6.07. The summed E-state index contributed by atoms with van der Waals surface area (Å²) in [7, 11) is 1.81. The quantitative estimate of drug-likeness (QED) is 0.302. The number of nitrogens with one attached hydrogen (secondary N) is 1. The van der Waals surface area contributed by atoms with Gasteiger partial charge in [-0.3, -0.25) is 9.48 Å². The smallest absolute Gasteiger partial charge is 0.234 e. The third-order valence-electron chi connectivity index (χ3n) is 3.59. The molecule has 1 aliphatic carbocycles. The van der Waals surface area contributed by atoms with Crippen molar-refractivity contribution in [2.75, 3.05) is 0 Å². The van der Waals surface area contributed by atoms with Crippen LogP contribution in [0.2, 0.25) is 0 Å². The molecule has 1 aromatic rings. The number of hydrogen-bond acceptors (Lipinski definition) is 4. The van der Waals surface area contributed by atoms with E-state index in [9.17, 15) is 4.79 Å². The van der Waals surface area contributed by atoms with Crippen LogP contribution < -0.4 is 11.1 Å². The van der Waals surface area contributed by atoms with Crippen LogP contribution in [0, 0.1) is 5.41 Å². The molecule has 1 heterocycles. The highest BCUT2D eigenvalue weighted by Crippen LogP contribution is 2.41. The van der Waals surface area contributed by atoms with E-state index in [-0.39, 0.29) is 11.7 Å². The predicted octanol–water partition coefficient (Wildman–Crippen LogP) is -0.0470. The van der Waals surface area contributed by atoms with E-state index in [1.807, 2.05) is 13.1 Å². The minimum Gasteiger partial charge on any atom is -0.409 e. The number of aromatic nitrogens is 2. The summed E-state index contributed by atoms with van der Waals surface area (Å²) in [6.07, 6.45) is 3.83. The summed E-state index contributed by atoms with van der Waals surface area (Å²) in [6.45, 7) is 0.385. The number of amidine groups is 1. The molecular formula is C11H17N5O2. The van der Waals surface area contributed by atoms with Crippen LogP contribution in [0.3, 0.4) is 0 Å². The van der Waals surface area contributed by atoms with Crippen molar-refractivity contribution in [3.63, 3.8) is 0 Å². The number of aryl methyl sites for hydroxylation is 1. The number of carbonyl (C=O) groups is 1. The molecule has 1 fully saturated rings. The van der Waals surface area contributed by atoms with E-state index in [2.05, 4.69) is 15.6 Å². The molecule has 0 atom stereocenters. The predicted molar refractivity (Wildman–Crippen MR) is 64.7 cm³/mol. The van der Waals surface area contributed by atoms with Crippen LogP contribution in [-0.2, 0) is 18.4 Å². The van der Waals surface area contributed by atoms with Crippen molar-refractivity contribution < 1.29 is 10.0 Å². The lowest BCUT2D eigenvalue weighted by Gasteiger charge is -2.38. The number of carbonyl (C=O) groups excluding carboxylic acids is 1. The lowest BCUT2D eigenvalue weighted by Crippen LogP contribution is -2.53. The van der Waals surface area contributed by atoms with Crippen molar-refractivity contribution in [1.29, 1.82) is 0 Å². The van der Waals surface area contributed by atoms with E-state index in [1.54, 1.807) is 10.9 Å².